The number of nitriles is 1. The van der Waals surface area contributed by atoms with Crippen molar-refractivity contribution in [3.05, 3.63) is 46.7 Å². The Bertz CT molecular complexity index is 1590. The third kappa shape index (κ3) is 4.56. The van der Waals surface area contributed by atoms with E-state index in [1.54, 1.807) is 19.1 Å². The van der Waals surface area contributed by atoms with E-state index >= 15 is 0 Å². The van der Waals surface area contributed by atoms with E-state index in [1.165, 1.54) is 18.5 Å². The number of sulfonamides is 1. The van der Waals surface area contributed by atoms with Crippen LogP contribution in [0.15, 0.2) is 35.5 Å². The average molecular weight is 521 g/mol. The van der Waals surface area contributed by atoms with E-state index in [2.05, 4.69) is 19.7 Å². The molecule has 3 aromatic heterocycles. The first-order chi connectivity index (χ1) is 16.5. The maximum absolute atomic E-state index is 13.2. The molecule has 0 spiro atoms. The molecular weight excluding hydrogens is 501 g/mol. The molecule has 1 aliphatic heterocycles. The number of nitrogens with one attached hydrogen (secondary N) is 2. The zero-order chi connectivity index (χ0) is 25.0. The number of hydrogen-bond donors (Lipinski definition) is 2. The molecule has 5 rings (SSSR count). The predicted molar refractivity (Wildman–Crippen MR) is 126 cm³/mol. The van der Waals surface area contributed by atoms with E-state index in [0.29, 0.717) is 57.7 Å². The Morgan fingerprint density at radius 1 is 1.29 bits per heavy atom. The fourth-order valence-corrected chi connectivity index (χ4v) is 6.98. The van der Waals surface area contributed by atoms with Gasteiger partial charge < -0.3 is 9.88 Å². The van der Waals surface area contributed by atoms with Crippen LogP contribution in [0.5, 0.6) is 0 Å². The highest BCUT2D eigenvalue weighted by Gasteiger charge is 2.32. The van der Waals surface area contributed by atoms with Crippen LogP contribution in [0.4, 0.5) is 19.0 Å². The molecule has 0 radical (unpaired) electrons. The van der Waals surface area contributed by atoms with Crippen LogP contribution in [-0.2, 0) is 16.4 Å². The molecular formula is C22H19F3N6O2S2. The molecule has 0 bridgehead atoms. The molecule has 1 saturated heterocycles. The van der Waals surface area contributed by atoms with Gasteiger partial charge in [0.15, 0.2) is 0 Å². The van der Waals surface area contributed by atoms with Crippen molar-refractivity contribution in [2.24, 2.45) is 0 Å². The Morgan fingerprint density at radius 3 is 2.83 bits per heavy atom. The quantitative estimate of drug-likeness (QED) is 0.411. The third-order valence-electron chi connectivity index (χ3n) is 5.98. The van der Waals surface area contributed by atoms with Crippen LogP contribution in [-0.4, -0.2) is 48.7 Å². The summed E-state index contributed by atoms with van der Waals surface area (Å²) in [5.74, 6) is 0.496. The Hall–Kier alpha value is -3.21. The summed E-state index contributed by atoms with van der Waals surface area (Å²) < 4.78 is 67.6. The number of halogens is 3. The van der Waals surface area contributed by atoms with E-state index in [-0.39, 0.29) is 9.77 Å². The summed E-state index contributed by atoms with van der Waals surface area (Å²) >= 11 is 0.979. The number of alkyl halides is 3. The van der Waals surface area contributed by atoms with Crippen molar-refractivity contribution >= 4 is 48.3 Å². The zero-order valence-corrected chi connectivity index (χ0v) is 20.0. The number of nitrogens with zero attached hydrogens (tertiary/aromatic N) is 4. The highest BCUT2D eigenvalue weighted by molar-refractivity contribution is 7.89. The fourth-order valence-electron chi connectivity index (χ4n) is 4.44. The Balaban J connectivity index is 1.37. The second-order valence-electron chi connectivity index (χ2n) is 8.42. The van der Waals surface area contributed by atoms with Crippen LogP contribution in [0.25, 0.3) is 21.1 Å². The molecule has 1 unspecified atom stereocenters. The van der Waals surface area contributed by atoms with Gasteiger partial charge in [-0.3, -0.25) is 0 Å². The lowest BCUT2D eigenvalue weighted by Gasteiger charge is -2.19. The lowest BCUT2D eigenvalue weighted by molar-refractivity contribution is -0.126. The molecule has 0 aliphatic carbocycles. The third-order valence-corrected chi connectivity index (χ3v) is 8.68. The number of aromatic amines is 1. The van der Waals surface area contributed by atoms with Gasteiger partial charge >= 0.3 is 6.18 Å². The minimum atomic E-state index is -4.32. The highest BCUT2D eigenvalue weighted by Crippen LogP contribution is 2.35. The molecule has 2 N–H and O–H groups in total. The van der Waals surface area contributed by atoms with Crippen molar-refractivity contribution in [2.75, 3.05) is 18.0 Å². The van der Waals surface area contributed by atoms with E-state index < -0.39 is 28.7 Å². The number of H-pyrrole nitrogens is 1. The van der Waals surface area contributed by atoms with Gasteiger partial charge in [0.25, 0.3) is 0 Å². The first-order valence-electron chi connectivity index (χ1n) is 10.6. The Kier molecular flexibility index (Phi) is 5.70. The zero-order valence-electron chi connectivity index (χ0n) is 18.3. The van der Waals surface area contributed by atoms with Gasteiger partial charge in [0.05, 0.1) is 16.7 Å². The molecule has 0 saturated carbocycles. The van der Waals surface area contributed by atoms with Crippen molar-refractivity contribution in [1.82, 2.24) is 19.7 Å². The van der Waals surface area contributed by atoms with Gasteiger partial charge in [-0.1, -0.05) is 0 Å². The minimum Gasteiger partial charge on any atom is -0.354 e. The molecule has 4 aromatic rings. The van der Waals surface area contributed by atoms with Crippen molar-refractivity contribution in [2.45, 2.75) is 36.9 Å². The van der Waals surface area contributed by atoms with Gasteiger partial charge in [0.2, 0.25) is 10.0 Å². The van der Waals surface area contributed by atoms with Crippen molar-refractivity contribution in [3.63, 3.8) is 0 Å². The Labute approximate surface area is 202 Å². The first-order valence-corrected chi connectivity index (χ1v) is 12.9. The van der Waals surface area contributed by atoms with Crippen molar-refractivity contribution in [1.29, 1.82) is 5.26 Å². The summed E-state index contributed by atoms with van der Waals surface area (Å²) in [6, 6.07) is 7.83. The topological polar surface area (TPSA) is 115 Å². The van der Waals surface area contributed by atoms with Gasteiger partial charge in [-0.2, -0.15) is 18.4 Å². The van der Waals surface area contributed by atoms with Gasteiger partial charge in [-0.15, -0.1) is 11.3 Å². The van der Waals surface area contributed by atoms with Crippen LogP contribution in [0, 0.1) is 18.3 Å². The number of aryl methyl sites for hydroxylation is 1. The molecule has 182 valence electrons. The first kappa shape index (κ1) is 23.5. The second-order valence-corrected chi connectivity index (χ2v) is 11.2. The van der Waals surface area contributed by atoms with E-state index in [0.717, 1.165) is 11.3 Å². The SMILES string of the molecule is Cc1c(S(=O)(=O)NC2CCN(c3ncnc4sc(CC(F)(F)F)cc34)C2)ccc2[nH]c(C#N)cc12. The molecule has 1 fully saturated rings. The molecule has 13 heteroatoms. The molecule has 8 nitrogen and oxygen atoms in total. The molecule has 1 atom stereocenters. The predicted octanol–water partition coefficient (Wildman–Crippen LogP) is 4.01. The van der Waals surface area contributed by atoms with E-state index in [1.807, 2.05) is 11.0 Å². The lowest BCUT2D eigenvalue weighted by atomic mass is 10.1. The van der Waals surface area contributed by atoms with E-state index in [9.17, 15) is 21.6 Å². The maximum Gasteiger partial charge on any atom is 0.393 e. The number of hydrogen-bond acceptors (Lipinski definition) is 7. The van der Waals surface area contributed by atoms with Crippen molar-refractivity contribution < 1.29 is 21.6 Å². The highest BCUT2D eigenvalue weighted by atomic mass is 32.2. The van der Waals surface area contributed by atoms with Gasteiger partial charge in [0, 0.05) is 34.9 Å². The van der Waals surface area contributed by atoms with E-state index in [4.69, 9.17) is 5.26 Å². The van der Waals surface area contributed by atoms with Crippen molar-refractivity contribution in [3.8, 4) is 6.07 Å². The monoisotopic (exact) mass is 520 g/mol. The average Bonchev–Trinajstić information content (AvgIpc) is 3.49. The Morgan fingerprint density at radius 2 is 2.09 bits per heavy atom. The summed E-state index contributed by atoms with van der Waals surface area (Å²) in [5, 5.41) is 10.3. The normalized spacial score (nSPS) is 16.9. The summed E-state index contributed by atoms with van der Waals surface area (Å²) in [5.41, 5.74) is 1.56. The fraction of sp³-hybridized carbons (Fsp3) is 0.318. The molecule has 1 aliphatic rings. The number of fused-ring (bicyclic) bond motifs is 2. The standard InChI is InChI=1S/C22H19F3N6O2S2/c1-12-16-6-14(9-26)29-18(16)2-3-19(12)35(32,33)30-13-4-5-31(10-13)20-17-7-15(8-22(23,24)25)34-21(17)28-11-27-20/h2-3,6-7,11,13,29-30H,4-5,8,10H2,1H3. The summed E-state index contributed by atoms with van der Waals surface area (Å²) in [6.45, 7) is 2.50. The minimum absolute atomic E-state index is 0.131. The van der Waals surface area contributed by atoms with Crippen LogP contribution >= 0.6 is 11.3 Å². The number of thiophene rings is 1. The molecule has 35 heavy (non-hydrogen) atoms. The van der Waals surface area contributed by atoms with Crippen LogP contribution in [0.3, 0.4) is 0 Å². The van der Waals surface area contributed by atoms with Gasteiger partial charge in [-0.25, -0.2) is 23.1 Å². The number of benzene rings is 1. The van der Waals surface area contributed by atoms with Crippen LogP contribution < -0.4 is 9.62 Å². The number of anilines is 1. The van der Waals surface area contributed by atoms with Gasteiger partial charge in [0.1, 0.15) is 28.7 Å². The number of aromatic nitrogens is 3. The number of rotatable bonds is 5. The summed E-state index contributed by atoms with van der Waals surface area (Å²) in [7, 11) is -3.86. The molecule has 1 aromatic carbocycles. The largest absolute Gasteiger partial charge is 0.393 e. The molecule has 4 heterocycles. The summed E-state index contributed by atoms with van der Waals surface area (Å²) in [4.78, 5) is 13.9. The molecule has 0 amide bonds. The maximum atomic E-state index is 13.2. The van der Waals surface area contributed by atoms with Crippen LogP contribution in [0.2, 0.25) is 0 Å². The second kappa shape index (κ2) is 8.47. The smallest absolute Gasteiger partial charge is 0.354 e. The van der Waals surface area contributed by atoms with Gasteiger partial charge in [-0.05, 0) is 43.2 Å². The summed E-state index contributed by atoms with van der Waals surface area (Å²) in [6.07, 6.45) is -3.53. The van der Waals surface area contributed by atoms with Crippen LogP contribution in [0.1, 0.15) is 22.6 Å². The lowest BCUT2D eigenvalue weighted by Crippen LogP contribution is -2.37.